The molecule has 1 aromatic heterocycles. The molecule has 4 aliphatic rings. The number of nitrogens with zero attached hydrogens (tertiary/aromatic N) is 4. The zero-order chi connectivity index (χ0) is 29.1. The number of likely N-dealkylation sites (N-methyl/N-ethyl adjacent to an activating group) is 1. The summed E-state index contributed by atoms with van der Waals surface area (Å²) in [6.07, 6.45) is 2.72. The predicted octanol–water partition coefficient (Wildman–Crippen LogP) is 3.39. The van der Waals surface area contributed by atoms with Gasteiger partial charge in [0, 0.05) is 55.1 Å². The molecule has 41 heavy (non-hydrogen) atoms. The zero-order valence-corrected chi connectivity index (χ0v) is 25.3. The largest absolute Gasteiger partial charge is 0.367 e. The molecule has 3 saturated heterocycles. The van der Waals surface area contributed by atoms with Crippen molar-refractivity contribution in [2.24, 2.45) is 23.0 Å². The maximum atomic E-state index is 14.6. The number of Topliss-reactive ketones (excluding diaryl/α,β-unsaturated/α-hetero) is 1. The van der Waals surface area contributed by atoms with Crippen LogP contribution in [0.25, 0.3) is 11.3 Å². The quantitative estimate of drug-likeness (QED) is 0.511. The fourth-order valence-corrected chi connectivity index (χ4v) is 7.73. The molecule has 2 aromatic rings. The van der Waals surface area contributed by atoms with Gasteiger partial charge in [-0.1, -0.05) is 26.8 Å². The van der Waals surface area contributed by atoms with Crippen molar-refractivity contribution in [3.8, 4) is 11.3 Å². The summed E-state index contributed by atoms with van der Waals surface area (Å²) >= 11 is 1.61. The molecule has 9 nitrogen and oxygen atoms in total. The van der Waals surface area contributed by atoms with E-state index in [0.717, 1.165) is 55.4 Å². The molecule has 4 atom stereocenters. The van der Waals surface area contributed by atoms with Crippen LogP contribution in [0.5, 0.6) is 0 Å². The molecule has 10 heteroatoms. The van der Waals surface area contributed by atoms with Crippen LogP contribution in [0.4, 0.5) is 5.13 Å². The molecule has 1 aromatic carbocycles. The normalized spacial score (nSPS) is 26.0. The van der Waals surface area contributed by atoms with Gasteiger partial charge in [0.15, 0.2) is 10.9 Å². The van der Waals surface area contributed by atoms with Crippen molar-refractivity contribution in [2.75, 3.05) is 51.3 Å². The van der Waals surface area contributed by atoms with Crippen molar-refractivity contribution in [3.63, 3.8) is 0 Å². The SMILES string of the molecule is CCC(C)(C)[C@H](C(=O)N1C[C@@H](C2CC2)[C@H]2OCC(=O)[C@H]21)c1cc(-c2csc(N3CCN(C)CC3)n2)ccc1C(N)=O. The lowest BCUT2D eigenvalue weighted by Crippen LogP contribution is -2.47. The van der Waals surface area contributed by atoms with E-state index < -0.39 is 23.3 Å². The molecule has 0 unspecified atom stereocenters. The van der Waals surface area contributed by atoms with E-state index >= 15 is 0 Å². The van der Waals surface area contributed by atoms with Crippen LogP contribution in [0.3, 0.4) is 0 Å². The van der Waals surface area contributed by atoms with Crippen LogP contribution in [0.2, 0.25) is 0 Å². The van der Waals surface area contributed by atoms with Gasteiger partial charge in [-0.3, -0.25) is 14.4 Å². The van der Waals surface area contributed by atoms with Gasteiger partial charge in [-0.2, -0.15) is 0 Å². The number of fused-ring (bicyclic) bond motifs is 1. The van der Waals surface area contributed by atoms with E-state index in [-0.39, 0.29) is 30.3 Å². The molecule has 6 rings (SSSR count). The Labute approximate surface area is 246 Å². The fraction of sp³-hybridized carbons (Fsp3) is 0.613. The molecule has 0 radical (unpaired) electrons. The number of ether oxygens (including phenoxy) is 1. The maximum Gasteiger partial charge on any atom is 0.249 e. The number of ketones is 1. The predicted molar refractivity (Wildman–Crippen MR) is 159 cm³/mol. The molecular formula is C31H41N5O4S. The molecule has 4 fully saturated rings. The number of carbonyl (C=O) groups excluding carboxylic acids is 3. The smallest absolute Gasteiger partial charge is 0.249 e. The Kier molecular flexibility index (Phi) is 7.45. The number of carbonyl (C=O) groups is 3. The highest BCUT2D eigenvalue weighted by atomic mass is 32.1. The first-order valence-corrected chi connectivity index (χ1v) is 15.7. The molecule has 0 bridgehead atoms. The lowest BCUT2D eigenvalue weighted by Gasteiger charge is -2.37. The van der Waals surface area contributed by atoms with E-state index in [0.29, 0.717) is 30.0 Å². The van der Waals surface area contributed by atoms with Crippen molar-refractivity contribution < 1.29 is 19.1 Å². The van der Waals surface area contributed by atoms with E-state index in [1.54, 1.807) is 22.3 Å². The Balaban J connectivity index is 1.38. The van der Waals surface area contributed by atoms with Crippen LogP contribution in [0, 0.1) is 17.3 Å². The summed E-state index contributed by atoms with van der Waals surface area (Å²) in [6.45, 7) is 10.6. The summed E-state index contributed by atoms with van der Waals surface area (Å²) in [5, 5.41) is 3.02. The minimum Gasteiger partial charge on any atom is -0.367 e. The van der Waals surface area contributed by atoms with Gasteiger partial charge in [0.25, 0.3) is 0 Å². The highest BCUT2D eigenvalue weighted by Crippen LogP contribution is 2.49. The van der Waals surface area contributed by atoms with Gasteiger partial charge >= 0.3 is 0 Å². The second-order valence-electron chi connectivity index (χ2n) is 12.9. The second kappa shape index (κ2) is 10.8. The molecule has 4 heterocycles. The number of primary amides is 1. The van der Waals surface area contributed by atoms with Crippen LogP contribution in [0.15, 0.2) is 23.6 Å². The number of piperazine rings is 1. The van der Waals surface area contributed by atoms with Crippen molar-refractivity contribution in [2.45, 2.75) is 58.1 Å². The van der Waals surface area contributed by atoms with Crippen molar-refractivity contribution in [1.29, 1.82) is 0 Å². The molecule has 3 aliphatic heterocycles. The molecule has 1 aliphatic carbocycles. The lowest BCUT2D eigenvalue weighted by atomic mass is 9.70. The van der Waals surface area contributed by atoms with Crippen LogP contribution >= 0.6 is 11.3 Å². The van der Waals surface area contributed by atoms with Crippen molar-refractivity contribution in [3.05, 3.63) is 34.7 Å². The Morgan fingerprint density at radius 2 is 1.93 bits per heavy atom. The van der Waals surface area contributed by atoms with E-state index in [2.05, 4.69) is 37.6 Å². The summed E-state index contributed by atoms with van der Waals surface area (Å²) < 4.78 is 5.95. The van der Waals surface area contributed by atoms with Gasteiger partial charge in [0.1, 0.15) is 12.6 Å². The summed E-state index contributed by atoms with van der Waals surface area (Å²) in [7, 11) is 2.13. The number of hydrogen-bond acceptors (Lipinski definition) is 8. The first-order valence-electron chi connectivity index (χ1n) is 14.9. The Hall–Kier alpha value is -2.82. The molecule has 2 amide bonds. The molecule has 2 N–H and O–H groups in total. The van der Waals surface area contributed by atoms with E-state index in [1.165, 1.54) is 0 Å². The molecule has 0 spiro atoms. The average Bonchev–Trinajstić information content (AvgIpc) is 3.36. The van der Waals surface area contributed by atoms with Gasteiger partial charge in [-0.25, -0.2) is 4.98 Å². The zero-order valence-electron chi connectivity index (χ0n) is 24.5. The first-order chi connectivity index (χ1) is 19.6. The number of thiazole rings is 1. The summed E-state index contributed by atoms with van der Waals surface area (Å²) in [4.78, 5) is 51.7. The number of benzene rings is 1. The number of hydrogen-bond donors (Lipinski definition) is 1. The van der Waals surface area contributed by atoms with Gasteiger partial charge in [0.05, 0.1) is 17.7 Å². The number of nitrogens with two attached hydrogens (primary N) is 1. The number of anilines is 1. The number of likely N-dealkylation sites (tertiary alicyclic amines) is 1. The number of aromatic nitrogens is 1. The van der Waals surface area contributed by atoms with Crippen LogP contribution in [-0.4, -0.2) is 90.9 Å². The highest BCUT2D eigenvalue weighted by Gasteiger charge is 2.57. The van der Waals surface area contributed by atoms with Gasteiger partial charge in [-0.05, 0) is 55.3 Å². The second-order valence-corrected chi connectivity index (χ2v) is 13.8. The van der Waals surface area contributed by atoms with E-state index in [9.17, 15) is 14.4 Å². The topological polar surface area (TPSA) is 109 Å². The summed E-state index contributed by atoms with van der Waals surface area (Å²) in [5.74, 6) is -0.675. The first kappa shape index (κ1) is 28.3. The standard InChI is InChI=1S/C31H41N5O4S/c1-5-31(2,3)25(29(39)36-15-22(18-6-7-18)27-26(36)24(37)16-40-27)21-14-19(8-9-20(21)28(32)38)23-17-41-30(33-23)35-12-10-34(4)11-13-35/h8-9,14,17-18,22,25-27H,5-7,10-13,15-16H2,1-4H3,(H2,32,38)/t22-,25-,26+,27+/m0/s1. The van der Waals surface area contributed by atoms with Crippen LogP contribution in [0.1, 0.15) is 61.9 Å². The fourth-order valence-electron chi connectivity index (χ4n) is 6.84. The van der Waals surface area contributed by atoms with E-state index in [1.807, 2.05) is 17.5 Å². The van der Waals surface area contributed by atoms with Crippen LogP contribution < -0.4 is 10.6 Å². The average molecular weight is 580 g/mol. The number of rotatable bonds is 8. The Morgan fingerprint density at radius 3 is 2.59 bits per heavy atom. The summed E-state index contributed by atoms with van der Waals surface area (Å²) in [6, 6.07) is 4.99. The van der Waals surface area contributed by atoms with Gasteiger partial charge < -0.3 is 25.2 Å². The Morgan fingerprint density at radius 1 is 1.20 bits per heavy atom. The molecule has 220 valence electrons. The van der Waals surface area contributed by atoms with Crippen molar-refractivity contribution >= 4 is 34.1 Å². The van der Waals surface area contributed by atoms with Crippen LogP contribution in [-0.2, 0) is 14.3 Å². The molecular weight excluding hydrogens is 538 g/mol. The van der Waals surface area contributed by atoms with E-state index in [4.69, 9.17) is 15.5 Å². The highest BCUT2D eigenvalue weighted by molar-refractivity contribution is 7.14. The third-order valence-electron chi connectivity index (χ3n) is 9.86. The lowest BCUT2D eigenvalue weighted by molar-refractivity contribution is -0.140. The Bertz CT molecular complexity index is 1350. The number of amides is 2. The third-order valence-corrected chi connectivity index (χ3v) is 10.8. The maximum absolute atomic E-state index is 14.6. The minimum atomic E-state index is -0.655. The third kappa shape index (κ3) is 5.19. The van der Waals surface area contributed by atoms with Gasteiger partial charge in [-0.15, -0.1) is 11.3 Å². The van der Waals surface area contributed by atoms with Crippen molar-refractivity contribution in [1.82, 2.24) is 14.8 Å². The van der Waals surface area contributed by atoms with Gasteiger partial charge in [0.2, 0.25) is 11.8 Å². The monoisotopic (exact) mass is 579 g/mol. The summed E-state index contributed by atoms with van der Waals surface area (Å²) in [5.41, 5.74) is 8.02. The molecule has 1 saturated carbocycles. The minimum absolute atomic E-state index is 0.0256.